The fourth-order valence-corrected chi connectivity index (χ4v) is 6.56. The Labute approximate surface area is 177 Å². The standard InChI is InChI=1S/C25H39N3O/c1-20-17-22(26-14-8-23(18-26)28-13-3-5-21(28)2)6-7-24(20)27-12-4-9-25(19-27)10-15-29-16-11-25/h6-7,17,21,23H,3-5,8-16,18-19H2,1-2H3/t21-,23-/m0/s1. The first-order chi connectivity index (χ1) is 14.1. The van der Waals surface area contributed by atoms with E-state index in [2.05, 4.69) is 46.7 Å². The van der Waals surface area contributed by atoms with Crippen molar-refractivity contribution in [3.63, 3.8) is 0 Å². The van der Waals surface area contributed by atoms with Gasteiger partial charge in [0.15, 0.2) is 0 Å². The Balaban J connectivity index is 1.27. The highest BCUT2D eigenvalue weighted by Gasteiger charge is 2.37. The number of likely N-dealkylation sites (tertiary alicyclic amines) is 1. The zero-order valence-electron chi connectivity index (χ0n) is 18.5. The lowest BCUT2D eigenvalue weighted by Crippen LogP contribution is -2.46. The van der Waals surface area contributed by atoms with E-state index in [0.717, 1.165) is 25.3 Å². The van der Waals surface area contributed by atoms with Gasteiger partial charge in [0.05, 0.1) is 0 Å². The van der Waals surface area contributed by atoms with E-state index in [1.165, 1.54) is 94.6 Å². The molecule has 1 aromatic rings. The summed E-state index contributed by atoms with van der Waals surface area (Å²) in [5.41, 5.74) is 4.84. The number of benzene rings is 1. The number of rotatable bonds is 3. The zero-order chi connectivity index (χ0) is 19.8. The first-order valence-corrected chi connectivity index (χ1v) is 12.1. The van der Waals surface area contributed by atoms with Gasteiger partial charge in [-0.25, -0.2) is 0 Å². The van der Waals surface area contributed by atoms with Crippen LogP contribution in [0.1, 0.15) is 57.4 Å². The van der Waals surface area contributed by atoms with Gasteiger partial charge in [0.25, 0.3) is 0 Å². The van der Waals surface area contributed by atoms with Crippen LogP contribution in [0, 0.1) is 12.3 Å². The number of anilines is 2. The van der Waals surface area contributed by atoms with Crippen LogP contribution in [0.4, 0.5) is 11.4 Å². The molecule has 2 atom stereocenters. The van der Waals surface area contributed by atoms with Crippen LogP contribution in [0.2, 0.25) is 0 Å². The van der Waals surface area contributed by atoms with Gasteiger partial charge in [-0.1, -0.05) is 0 Å². The van der Waals surface area contributed by atoms with Crippen molar-refractivity contribution in [2.24, 2.45) is 5.41 Å². The molecule has 0 amide bonds. The first-order valence-electron chi connectivity index (χ1n) is 12.1. The summed E-state index contributed by atoms with van der Waals surface area (Å²) in [5, 5.41) is 0. The molecule has 1 spiro atoms. The average Bonchev–Trinajstić information content (AvgIpc) is 3.37. The van der Waals surface area contributed by atoms with E-state index in [1.807, 2.05) is 0 Å². The van der Waals surface area contributed by atoms with E-state index >= 15 is 0 Å². The van der Waals surface area contributed by atoms with Crippen molar-refractivity contribution in [2.45, 2.75) is 70.9 Å². The molecule has 5 rings (SSSR count). The summed E-state index contributed by atoms with van der Waals surface area (Å²) in [6, 6.07) is 8.79. The molecule has 4 aliphatic heterocycles. The number of ether oxygens (including phenoxy) is 1. The molecule has 1 aromatic carbocycles. The summed E-state index contributed by atoms with van der Waals surface area (Å²) >= 11 is 0. The summed E-state index contributed by atoms with van der Waals surface area (Å²) < 4.78 is 5.66. The predicted molar refractivity (Wildman–Crippen MR) is 121 cm³/mol. The van der Waals surface area contributed by atoms with Crippen molar-refractivity contribution in [3.05, 3.63) is 23.8 Å². The molecule has 0 radical (unpaired) electrons. The average molecular weight is 398 g/mol. The summed E-state index contributed by atoms with van der Waals surface area (Å²) in [5.74, 6) is 0. The fourth-order valence-electron chi connectivity index (χ4n) is 6.56. The van der Waals surface area contributed by atoms with Crippen LogP contribution in [0.3, 0.4) is 0 Å². The highest BCUT2D eigenvalue weighted by Crippen LogP contribution is 2.41. The van der Waals surface area contributed by atoms with Crippen LogP contribution in [0.5, 0.6) is 0 Å². The minimum Gasteiger partial charge on any atom is -0.381 e. The summed E-state index contributed by atoms with van der Waals surface area (Å²) in [7, 11) is 0. The van der Waals surface area contributed by atoms with E-state index in [0.29, 0.717) is 5.41 Å². The van der Waals surface area contributed by atoms with Crippen molar-refractivity contribution in [1.82, 2.24) is 4.90 Å². The van der Waals surface area contributed by atoms with E-state index in [-0.39, 0.29) is 0 Å². The third-order valence-corrected chi connectivity index (χ3v) is 8.34. The Kier molecular flexibility index (Phi) is 5.51. The molecule has 0 aliphatic carbocycles. The molecule has 0 saturated carbocycles. The van der Waals surface area contributed by atoms with E-state index < -0.39 is 0 Å². The molecule has 4 nitrogen and oxygen atoms in total. The second-order valence-corrected chi connectivity index (χ2v) is 10.2. The molecule has 4 heteroatoms. The minimum absolute atomic E-state index is 0.496. The maximum atomic E-state index is 5.66. The number of aryl methyl sites for hydroxylation is 1. The van der Waals surface area contributed by atoms with Crippen molar-refractivity contribution >= 4 is 11.4 Å². The Morgan fingerprint density at radius 3 is 2.59 bits per heavy atom. The summed E-state index contributed by atoms with van der Waals surface area (Å²) in [4.78, 5) is 8.07. The number of nitrogens with zero attached hydrogens (tertiary/aromatic N) is 3. The predicted octanol–water partition coefficient (Wildman–Crippen LogP) is 4.46. The van der Waals surface area contributed by atoms with Crippen LogP contribution >= 0.6 is 0 Å². The third-order valence-electron chi connectivity index (χ3n) is 8.34. The molecule has 4 saturated heterocycles. The highest BCUT2D eigenvalue weighted by molar-refractivity contribution is 5.62. The van der Waals surface area contributed by atoms with Crippen LogP contribution in [-0.4, -0.2) is 62.9 Å². The monoisotopic (exact) mass is 397 g/mol. The van der Waals surface area contributed by atoms with E-state index in [4.69, 9.17) is 4.74 Å². The molecule has 0 unspecified atom stereocenters. The largest absolute Gasteiger partial charge is 0.381 e. The van der Waals surface area contributed by atoms with Crippen LogP contribution in [0.15, 0.2) is 18.2 Å². The Bertz CT molecular complexity index is 709. The van der Waals surface area contributed by atoms with Crippen molar-refractivity contribution in [2.75, 3.05) is 55.7 Å². The quantitative estimate of drug-likeness (QED) is 0.750. The van der Waals surface area contributed by atoms with Gasteiger partial charge >= 0.3 is 0 Å². The maximum absolute atomic E-state index is 5.66. The molecule has 0 bridgehead atoms. The van der Waals surface area contributed by atoms with Gasteiger partial charge in [-0.15, -0.1) is 0 Å². The van der Waals surface area contributed by atoms with Crippen LogP contribution < -0.4 is 9.80 Å². The molecule has 0 N–H and O–H groups in total. The third kappa shape index (κ3) is 3.90. The van der Waals surface area contributed by atoms with Gasteiger partial charge in [0, 0.05) is 62.9 Å². The Morgan fingerprint density at radius 1 is 0.966 bits per heavy atom. The van der Waals surface area contributed by atoms with Gasteiger partial charge < -0.3 is 14.5 Å². The van der Waals surface area contributed by atoms with Crippen molar-refractivity contribution in [3.8, 4) is 0 Å². The topological polar surface area (TPSA) is 19.0 Å². The van der Waals surface area contributed by atoms with Crippen LogP contribution in [-0.2, 0) is 4.74 Å². The highest BCUT2D eigenvalue weighted by atomic mass is 16.5. The van der Waals surface area contributed by atoms with E-state index in [9.17, 15) is 0 Å². The first kappa shape index (κ1) is 19.7. The maximum Gasteiger partial charge on any atom is 0.0472 e. The fraction of sp³-hybridized carbons (Fsp3) is 0.760. The lowest BCUT2D eigenvalue weighted by Gasteiger charge is -2.46. The van der Waals surface area contributed by atoms with Gasteiger partial charge in [-0.2, -0.15) is 0 Å². The molecule has 4 heterocycles. The molecule has 0 aromatic heterocycles. The Hall–Kier alpha value is -1.26. The number of hydrogen-bond acceptors (Lipinski definition) is 4. The van der Waals surface area contributed by atoms with Gasteiger partial charge in [-0.3, -0.25) is 4.90 Å². The molecule has 160 valence electrons. The van der Waals surface area contributed by atoms with Crippen molar-refractivity contribution < 1.29 is 4.74 Å². The smallest absolute Gasteiger partial charge is 0.0472 e. The normalized spacial score (nSPS) is 30.4. The molecule has 4 aliphatic rings. The lowest BCUT2D eigenvalue weighted by atomic mass is 9.73. The Morgan fingerprint density at radius 2 is 1.83 bits per heavy atom. The second-order valence-electron chi connectivity index (χ2n) is 10.2. The zero-order valence-corrected chi connectivity index (χ0v) is 18.5. The summed E-state index contributed by atoms with van der Waals surface area (Å²) in [6.45, 7) is 12.8. The second kappa shape index (κ2) is 8.11. The van der Waals surface area contributed by atoms with Crippen LogP contribution in [0.25, 0.3) is 0 Å². The number of piperidine rings is 1. The minimum atomic E-state index is 0.496. The van der Waals surface area contributed by atoms with Gasteiger partial charge in [0.1, 0.15) is 0 Å². The lowest BCUT2D eigenvalue weighted by molar-refractivity contribution is 0.00756. The molecule has 4 fully saturated rings. The molecule has 29 heavy (non-hydrogen) atoms. The SMILES string of the molecule is Cc1cc(N2CC[C@H](N3CCC[C@@H]3C)C2)ccc1N1CCCC2(CCOCC2)C1. The molecular formula is C25H39N3O. The van der Waals surface area contributed by atoms with Crippen molar-refractivity contribution in [1.29, 1.82) is 0 Å². The summed E-state index contributed by atoms with van der Waals surface area (Å²) in [6.07, 6.45) is 9.27. The molecular weight excluding hydrogens is 358 g/mol. The number of hydrogen-bond donors (Lipinski definition) is 0. The van der Waals surface area contributed by atoms with Gasteiger partial charge in [-0.05, 0) is 94.5 Å². The van der Waals surface area contributed by atoms with Gasteiger partial charge in [0.2, 0.25) is 0 Å². The van der Waals surface area contributed by atoms with E-state index in [1.54, 1.807) is 0 Å².